The topological polar surface area (TPSA) is 59.4 Å². The Morgan fingerprint density at radius 3 is 2.40 bits per heavy atom. The summed E-state index contributed by atoms with van der Waals surface area (Å²) in [4.78, 5) is 16.2. The summed E-state index contributed by atoms with van der Waals surface area (Å²) in [5.41, 5.74) is -0.307. The van der Waals surface area contributed by atoms with Gasteiger partial charge in [0.2, 0.25) is 0 Å². The molecule has 0 spiro atoms. The zero-order chi connectivity index (χ0) is 22.1. The summed E-state index contributed by atoms with van der Waals surface area (Å²) < 4.78 is 40.9. The molecule has 1 heterocycles. The van der Waals surface area contributed by atoms with E-state index in [-0.39, 0.29) is 18.1 Å². The fourth-order valence-corrected chi connectivity index (χ4v) is 3.81. The van der Waals surface area contributed by atoms with Gasteiger partial charge < -0.3 is 15.1 Å². The maximum Gasteiger partial charge on any atom is 0.417 e. The highest BCUT2D eigenvalue weighted by Gasteiger charge is 2.36. The molecule has 2 atom stereocenters. The average molecular weight is 481 g/mol. The third kappa shape index (κ3) is 4.70. The first-order valence-electron chi connectivity index (χ1n) is 9.31. The zero-order valence-electron chi connectivity index (χ0n) is 16.4. The van der Waals surface area contributed by atoms with Crippen LogP contribution in [0.3, 0.4) is 0 Å². The monoisotopic (exact) mass is 480 g/mol. The Morgan fingerprint density at radius 1 is 1.13 bits per heavy atom. The lowest BCUT2D eigenvalue weighted by molar-refractivity contribution is -0.137. The molecule has 1 fully saturated rings. The minimum atomic E-state index is -4.61. The zero-order valence-corrected chi connectivity index (χ0v) is 18.0. The van der Waals surface area contributed by atoms with Gasteiger partial charge in [-0.25, -0.2) is 4.79 Å². The van der Waals surface area contributed by atoms with Crippen LogP contribution >= 0.6 is 15.9 Å². The fraction of sp³-hybridized carbons (Fsp3) is 0.333. The Hall–Kier alpha value is -2.73. The van der Waals surface area contributed by atoms with Crippen molar-refractivity contribution in [3.05, 3.63) is 58.1 Å². The molecule has 2 aromatic carbocycles. The lowest BCUT2D eigenvalue weighted by Gasteiger charge is -2.45. The van der Waals surface area contributed by atoms with E-state index in [1.54, 1.807) is 23.1 Å². The van der Waals surface area contributed by atoms with Gasteiger partial charge in [-0.15, -0.1) is 0 Å². The molecule has 0 aliphatic carbocycles. The van der Waals surface area contributed by atoms with E-state index >= 15 is 0 Å². The van der Waals surface area contributed by atoms with Crippen molar-refractivity contribution in [1.82, 2.24) is 4.90 Å². The molecular weight excluding hydrogens is 461 g/mol. The van der Waals surface area contributed by atoms with Crippen LogP contribution in [0.25, 0.3) is 0 Å². The molecule has 3 rings (SSSR count). The summed E-state index contributed by atoms with van der Waals surface area (Å²) in [6, 6.07) is 11.9. The number of urea groups is 1. The van der Waals surface area contributed by atoms with Gasteiger partial charge in [0, 0.05) is 41.0 Å². The normalized spacial score (nSPS) is 19.4. The number of anilines is 2. The second-order valence-electron chi connectivity index (χ2n) is 7.28. The molecule has 1 aliphatic heterocycles. The first-order valence-corrected chi connectivity index (χ1v) is 10.1. The molecule has 2 aromatic rings. The van der Waals surface area contributed by atoms with E-state index in [0.717, 1.165) is 10.5 Å². The number of alkyl halides is 3. The molecule has 0 radical (unpaired) electrons. The number of benzene rings is 2. The molecule has 0 unspecified atom stereocenters. The summed E-state index contributed by atoms with van der Waals surface area (Å²) in [6.45, 7) is 4.44. The van der Waals surface area contributed by atoms with Crippen molar-refractivity contribution in [3.8, 4) is 6.07 Å². The number of hydrogen-bond acceptors (Lipinski definition) is 3. The van der Waals surface area contributed by atoms with Crippen LogP contribution in [0.15, 0.2) is 46.9 Å². The maximum atomic E-state index is 13.3. The van der Waals surface area contributed by atoms with Crippen LogP contribution in [0.4, 0.5) is 29.3 Å². The third-order valence-electron chi connectivity index (χ3n) is 5.10. The van der Waals surface area contributed by atoms with Gasteiger partial charge in [0.15, 0.2) is 0 Å². The Morgan fingerprint density at radius 2 is 1.80 bits per heavy atom. The standard InChI is InChI=1S/C21H20BrF3N4O/c1-13-12-29(20(30)27-17-6-4-16(22)5-7-17)14(2)11-28(13)18-8-3-15(10-26)19(9-18)21(23,24)25/h3-9,13-14H,11-12H2,1-2H3,(H,27,30)/t13-,14+/m0/s1. The molecule has 1 aliphatic rings. The number of piperazine rings is 1. The summed E-state index contributed by atoms with van der Waals surface area (Å²) in [6.07, 6.45) is -4.61. The maximum absolute atomic E-state index is 13.3. The minimum Gasteiger partial charge on any atom is -0.365 e. The predicted octanol–water partition coefficient (Wildman–Crippen LogP) is 5.47. The third-order valence-corrected chi connectivity index (χ3v) is 5.63. The smallest absolute Gasteiger partial charge is 0.365 e. The number of nitrogens with one attached hydrogen (secondary N) is 1. The SMILES string of the molecule is C[C@@H]1CN(c2ccc(C#N)c(C(F)(F)F)c2)[C@@H](C)CN1C(=O)Nc1ccc(Br)cc1. The van der Waals surface area contributed by atoms with Crippen molar-refractivity contribution in [2.24, 2.45) is 0 Å². The molecule has 158 valence electrons. The minimum absolute atomic E-state index is 0.203. The highest BCUT2D eigenvalue weighted by molar-refractivity contribution is 9.10. The van der Waals surface area contributed by atoms with E-state index in [9.17, 15) is 18.0 Å². The van der Waals surface area contributed by atoms with Gasteiger partial charge in [0.05, 0.1) is 17.2 Å². The van der Waals surface area contributed by atoms with E-state index in [1.165, 1.54) is 12.1 Å². The number of amides is 2. The van der Waals surface area contributed by atoms with E-state index in [0.29, 0.717) is 24.5 Å². The van der Waals surface area contributed by atoms with Gasteiger partial charge in [-0.3, -0.25) is 0 Å². The van der Waals surface area contributed by atoms with Crippen molar-refractivity contribution in [3.63, 3.8) is 0 Å². The number of nitrogens with zero attached hydrogens (tertiary/aromatic N) is 3. The van der Waals surface area contributed by atoms with Gasteiger partial charge in [-0.05, 0) is 56.3 Å². The molecule has 9 heteroatoms. The summed E-state index contributed by atoms with van der Waals surface area (Å²) in [5.74, 6) is 0. The Bertz CT molecular complexity index is 972. The lowest BCUT2D eigenvalue weighted by Crippen LogP contribution is -2.59. The van der Waals surface area contributed by atoms with Crippen LogP contribution in [0.1, 0.15) is 25.0 Å². The first-order chi connectivity index (χ1) is 14.1. The number of hydrogen-bond donors (Lipinski definition) is 1. The van der Waals surface area contributed by atoms with Gasteiger partial charge in [0.25, 0.3) is 0 Å². The van der Waals surface area contributed by atoms with Crippen LogP contribution in [0.2, 0.25) is 0 Å². The van der Waals surface area contributed by atoms with Crippen LogP contribution in [-0.4, -0.2) is 36.1 Å². The lowest BCUT2D eigenvalue weighted by atomic mass is 10.0. The molecule has 30 heavy (non-hydrogen) atoms. The van der Waals surface area contributed by atoms with E-state index in [4.69, 9.17) is 5.26 Å². The van der Waals surface area contributed by atoms with E-state index in [2.05, 4.69) is 21.2 Å². The largest absolute Gasteiger partial charge is 0.417 e. The molecule has 0 saturated carbocycles. The van der Waals surface area contributed by atoms with Crippen molar-refractivity contribution in [2.45, 2.75) is 32.1 Å². The Balaban J connectivity index is 1.77. The van der Waals surface area contributed by atoms with Crippen molar-refractivity contribution < 1.29 is 18.0 Å². The molecule has 5 nitrogen and oxygen atoms in total. The van der Waals surface area contributed by atoms with Crippen LogP contribution in [0.5, 0.6) is 0 Å². The van der Waals surface area contributed by atoms with Crippen LogP contribution < -0.4 is 10.2 Å². The van der Waals surface area contributed by atoms with Crippen LogP contribution in [-0.2, 0) is 6.18 Å². The number of carbonyl (C=O) groups excluding carboxylic acids is 1. The number of nitriles is 1. The number of carbonyl (C=O) groups is 1. The van der Waals surface area contributed by atoms with Crippen molar-refractivity contribution in [1.29, 1.82) is 5.26 Å². The van der Waals surface area contributed by atoms with E-state index in [1.807, 2.05) is 30.9 Å². The molecule has 0 bridgehead atoms. The first kappa shape index (κ1) is 22.0. The second kappa shape index (κ2) is 8.56. The Kier molecular flexibility index (Phi) is 6.27. The molecule has 1 N–H and O–H groups in total. The molecule has 2 amide bonds. The van der Waals surface area contributed by atoms with Crippen molar-refractivity contribution in [2.75, 3.05) is 23.3 Å². The highest BCUT2D eigenvalue weighted by atomic mass is 79.9. The molecule has 0 aromatic heterocycles. The van der Waals surface area contributed by atoms with Crippen LogP contribution in [0, 0.1) is 11.3 Å². The quantitative estimate of drug-likeness (QED) is 0.619. The van der Waals surface area contributed by atoms with Gasteiger partial charge >= 0.3 is 12.2 Å². The van der Waals surface area contributed by atoms with E-state index < -0.39 is 17.3 Å². The molecular formula is C21H20BrF3N4O. The van der Waals surface area contributed by atoms with Crippen molar-refractivity contribution >= 4 is 33.3 Å². The van der Waals surface area contributed by atoms with Gasteiger partial charge in [0.1, 0.15) is 0 Å². The summed E-state index contributed by atoms with van der Waals surface area (Å²) in [7, 11) is 0. The summed E-state index contributed by atoms with van der Waals surface area (Å²) >= 11 is 3.34. The fourth-order valence-electron chi connectivity index (χ4n) is 3.54. The predicted molar refractivity (Wildman–Crippen MR) is 112 cm³/mol. The highest BCUT2D eigenvalue weighted by Crippen LogP contribution is 2.35. The second-order valence-corrected chi connectivity index (χ2v) is 8.19. The summed E-state index contributed by atoms with van der Waals surface area (Å²) in [5, 5.41) is 11.8. The molecule has 1 saturated heterocycles. The van der Waals surface area contributed by atoms with Gasteiger partial charge in [-0.1, -0.05) is 15.9 Å². The number of rotatable bonds is 2. The average Bonchev–Trinajstić information content (AvgIpc) is 2.70. The Labute approximate surface area is 181 Å². The number of halogens is 4. The van der Waals surface area contributed by atoms with Gasteiger partial charge in [-0.2, -0.15) is 18.4 Å².